The number of hydrogen-bond acceptors (Lipinski definition) is 5. The number of nitrogens with zero attached hydrogens (tertiary/aromatic N) is 3. The van der Waals surface area contributed by atoms with Gasteiger partial charge in [-0.05, 0) is 49.9 Å². The largest absolute Gasteiger partial charge is 0.377 e. The zero-order chi connectivity index (χ0) is 23.4. The maximum atomic E-state index is 13.0. The van der Waals surface area contributed by atoms with Gasteiger partial charge in [0.05, 0.1) is 12.2 Å². The SMILES string of the molecule is O=C(NC1CCC(Nc2cccc3nc(C(F)F)cn23)CC1)c1ncccc1NCC(F)F. The van der Waals surface area contributed by atoms with E-state index in [2.05, 4.69) is 25.9 Å². The Balaban J connectivity index is 1.34. The van der Waals surface area contributed by atoms with Gasteiger partial charge in [-0.2, -0.15) is 0 Å². The monoisotopic (exact) mass is 464 g/mol. The van der Waals surface area contributed by atoms with Gasteiger partial charge in [0.25, 0.3) is 18.8 Å². The second kappa shape index (κ2) is 10.1. The zero-order valence-electron chi connectivity index (χ0n) is 17.6. The van der Waals surface area contributed by atoms with E-state index in [1.165, 1.54) is 12.4 Å². The average Bonchev–Trinajstić information content (AvgIpc) is 3.25. The van der Waals surface area contributed by atoms with Crippen molar-refractivity contribution in [1.82, 2.24) is 19.7 Å². The summed E-state index contributed by atoms with van der Waals surface area (Å²) in [4.78, 5) is 20.7. The van der Waals surface area contributed by atoms with Crippen molar-refractivity contribution >= 4 is 23.1 Å². The van der Waals surface area contributed by atoms with Crippen LogP contribution < -0.4 is 16.0 Å². The number of pyridine rings is 2. The first-order valence-electron chi connectivity index (χ1n) is 10.7. The second-order valence-corrected chi connectivity index (χ2v) is 7.94. The Bertz CT molecular complexity index is 1100. The summed E-state index contributed by atoms with van der Waals surface area (Å²) in [5, 5.41) is 8.88. The molecule has 4 rings (SSSR count). The van der Waals surface area contributed by atoms with E-state index in [-0.39, 0.29) is 29.2 Å². The molecule has 7 nitrogen and oxygen atoms in total. The van der Waals surface area contributed by atoms with Gasteiger partial charge in [0.1, 0.15) is 17.2 Å². The lowest BCUT2D eigenvalue weighted by atomic mass is 9.91. The number of halogens is 4. The Morgan fingerprint density at radius 1 is 1.06 bits per heavy atom. The summed E-state index contributed by atoms with van der Waals surface area (Å²) in [6.07, 6.45) is 0.532. The van der Waals surface area contributed by atoms with Crippen LogP contribution in [0.4, 0.5) is 29.1 Å². The molecule has 1 aliphatic rings. The van der Waals surface area contributed by atoms with Crippen molar-refractivity contribution in [1.29, 1.82) is 0 Å². The minimum absolute atomic E-state index is 0.0741. The van der Waals surface area contributed by atoms with Crippen LogP contribution in [0.3, 0.4) is 0 Å². The molecule has 3 aromatic rings. The number of alkyl halides is 4. The number of amides is 1. The summed E-state index contributed by atoms with van der Waals surface area (Å²) in [7, 11) is 0. The Morgan fingerprint density at radius 2 is 1.82 bits per heavy atom. The number of aromatic nitrogens is 3. The Hall–Kier alpha value is -3.37. The van der Waals surface area contributed by atoms with Gasteiger partial charge in [-0.15, -0.1) is 0 Å². The van der Waals surface area contributed by atoms with Crippen LogP contribution in [0, 0.1) is 0 Å². The Labute approximate surface area is 187 Å². The molecule has 0 aromatic carbocycles. The van der Waals surface area contributed by atoms with Gasteiger partial charge in [0, 0.05) is 24.5 Å². The molecule has 0 unspecified atom stereocenters. The molecule has 3 heterocycles. The van der Waals surface area contributed by atoms with Crippen molar-refractivity contribution in [3.8, 4) is 0 Å². The van der Waals surface area contributed by atoms with E-state index in [0.717, 1.165) is 12.8 Å². The molecule has 1 amide bonds. The van der Waals surface area contributed by atoms with Gasteiger partial charge < -0.3 is 16.0 Å². The maximum Gasteiger partial charge on any atom is 0.281 e. The molecular weight excluding hydrogens is 440 g/mol. The van der Waals surface area contributed by atoms with Crippen molar-refractivity contribution in [2.24, 2.45) is 0 Å². The highest BCUT2D eigenvalue weighted by molar-refractivity contribution is 5.97. The topological polar surface area (TPSA) is 83.4 Å². The van der Waals surface area contributed by atoms with Crippen LogP contribution >= 0.6 is 0 Å². The molecule has 11 heteroatoms. The van der Waals surface area contributed by atoms with Crippen molar-refractivity contribution in [2.45, 2.75) is 50.6 Å². The number of carbonyl (C=O) groups is 1. The average molecular weight is 464 g/mol. The maximum absolute atomic E-state index is 13.0. The van der Waals surface area contributed by atoms with Gasteiger partial charge >= 0.3 is 0 Å². The highest BCUT2D eigenvalue weighted by Gasteiger charge is 2.25. The third kappa shape index (κ3) is 5.52. The first-order valence-corrected chi connectivity index (χ1v) is 10.7. The zero-order valence-corrected chi connectivity index (χ0v) is 17.6. The Morgan fingerprint density at radius 3 is 2.55 bits per heavy atom. The second-order valence-electron chi connectivity index (χ2n) is 7.94. The van der Waals surface area contributed by atoms with E-state index < -0.39 is 25.3 Å². The van der Waals surface area contributed by atoms with Crippen molar-refractivity contribution in [3.05, 3.63) is 54.1 Å². The summed E-state index contributed by atoms with van der Waals surface area (Å²) in [6, 6.07) is 8.40. The first-order chi connectivity index (χ1) is 15.9. The molecule has 176 valence electrons. The van der Waals surface area contributed by atoms with Crippen LogP contribution in [-0.2, 0) is 0 Å². The van der Waals surface area contributed by atoms with Crippen molar-refractivity contribution in [2.75, 3.05) is 17.2 Å². The normalized spacial score (nSPS) is 18.6. The molecule has 1 saturated carbocycles. The Kier molecular flexibility index (Phi) is 6.95. The molecule has 0 saturated heterocycles. The lowest BCUT2D eigenvalue weighted by Gasteiger charge is -2.30. The number of imidazole rings is 1. The molecule has 3 aromatic heterocycles. The van der Waals surface area contributed by atoms with E-state index >= 15 is 0 Å². The van der Waals surface area contributed by atoms with E-state index in [9.17, 15) is 22.4 Å². The predicted octanol–water partition coefficient (Wildman–Crippen LogP) is 4.50. The molecule has 1 aliphatic carbocycles. The van der Waals surface area contributed by atoms with Crippen LogP contribution in [0.5, 0.6) is 0 Å². The van der Waals surface area contributed by atoms with E-state index in [1.807, 2.05) is 6.07 Å². The number of fused-ring (bicyclic) bond motifs is 1. The molecule has 3 N–H and O–H groups in total. The third-order valence-electron chi connectivity index (χ3n) is 5.62. The summed E-state index contributed by atoms with van der Waals surface area (Å²) >= 11 is 0. The fourth-order valence-electron chi connectivity index (χ4n) is 4.01. The van der Waals surface area contributed by atoms with E-state index in [0.29, 0.717) is 24.3 Å². The number of carbonyl (C=O) groups excluding carboxylic acids is 1. The van der Waals surface area contributed by atoms with Gasteiger partial charge in [-0.1, -0.05) is 6.07 Å². The number of rotatable bonds is 8. The summed E-state index contributed by atoms with van der Waals surface area (Å²) in [5.41, 5.74) is 0.526. The number of hydrogen-bond donors (Lipinski definition) is 3. The van der Waals surface area contributed by atoms with Crippen LogP contribution in [0.1, 0.15) is 48.3 Å². The fourth-order valence-corrected chi connectivity index (χ4v) is 4.01. The fraction of sp³-hybridized carbons (Fsp3) is 0.409. The summed E-state index contributed by atoms with van der Waals surface area (Å²) in [5.74, 6) is 0.272. The molecular formula is C22H24F4N6O. The number of anilines is 2. The lowest BCUT2D eigenvalue weighted by molar-refractivity contribution is 0.0922. The quantitative estimate of drug-likeness (QED) is 0.428. The summed E-state index contributed by atoms with van der Waals surface area (Å²) < 4.78 is 52.6. The molecule has 0 aliphatic heterocycles. The molecule has 0 spiro atoms. The molecule has 33 heavy (non-hydrogen) atoms. The van der Waals surface area contributed by atoms with Crippen LogP contribution in [0.2, 0.25) is 0 Å². The smallest absolute Gasteiger partial charge is 0.281 e. The van der Waals surface area contributed by atoms with E-state index in [1.54, 1.807) is 28.7 Å². The van der Waals surface area contributed by atoms with Gasteiger partial charge in [-0.3, -0.25) is 9.20 Å². The van der Waals surface area contributed by atoms with Gasteiger partial charge in [-0.25, -0.2) is 27.5 Å². The molecule has 0 bridgehead atoms. The summed E-state index contributed by atoms with van der Waals surface area (Å²) in [6.45, 7) is -0.564. The highest BCUT2D eigenvalue weighted by Crippen LogP contribution is 2.25. The van der Waals surface area contributed by atoms with Gasteiger partial charge in [0.15, 0.2) is 5.69 Å². The first kappa shape index (κ1) is 22.8. The van der Waals surface area contributed by atoms with E-state index in [4.69, 9.17) is 0 Å². The highest BCUT2D eigenvalue weighted by atomic mass is 19.3. The predicted molar refractivity (Wildman–Crippen MR) is 116 cm³/mol. The van der Waals surface area contributed by atoms with Crippen LogP contribution in [0.25, 0.3) is 5.65 Å². The molecule has 0 radical (unpaired) electrons. The third-order valence-corrected chi connectivity index (χ3v) is 5.62. The van der Waals surface area contributed by atoms with Crippen molar-refractivity contribution < 1.29 is 22.4 Å². The van der Waals surface area contributed by atoms with Crippen LogP contribution in [-0.4, -0.2) is 45.3 Å². The molecule has 1 fully saturated rings. The minimum atomic E-state index is -2.64. The minimum Gasteiger partial charge on any atom is -0.377 e. The van der Waals surface area contributed by atoms with Gasteiger partial charge in [0.2, 0.25) is 0 Å². The van der Waals surface area contributed by atoms with Crippen LogP contribution in [0.15, 0.2) is 42.7 Å². The van der Waals surface area contributed by atoms with Crippen molar-refractivity contribution in [3.63, 3.8) is 0 Å². The molecule has 0 atom stereocenters. The standard InChI is InChI=1S/C22H24F4N6O/c23-17(24)11-28-15-3-2-10-27-20(15)22(33)30-14-8-6-13(7-9-14)29-18-4-1-5-19-31-16(21(25)26)12-32(18)19/h1-5,10,12-14,17,21,28-29H,6-9,11H2,(H,30,33). The lowest BCUT2D eigenvalue weighted by Crippen LogP contribution is -2.40. The number of nitrogens with one attached hydrogen (secondary N) is 3.